The van der Waals surface area contributed by atoms with E-state index in [1.165, 1.54) is 97.1 Å². The van der Waals surface area contributed by atoms with Gasteiger partial charge >= 0.3 is 0 Å². The summed E-state index contributed by atoms with van der Waals surface area (Å²) in [6.45, 7) is 0. The topological polar surface area (TPSA) is 244 Å². The van der Waals surface area contributed by atoms with Gasteiger partial charge in [0.2, 0.25) is 0 Å². The molecule has 0 saturated carbocycles. The third-order valence-corrected chi connectivity index (χ3v) is 9.60. The highest BCUT2D eigenvalue weighted by molar-refractivity contribution is 6.09. The van der Waals surface area contributed by atoms with Crippen LogP contribution in [0.25, 0.3) is 0 Å². The predicted molar refractivity (Wildman–Crippen MR) is 245 cm³/mol. The van der Waals surface area contributed by atoms with Gasteiger partial charge in [0.1, 0.15) is 46.0 Å². The van der Waals surface area contributed by atoms with Crippen LogP contribution < -0.4 is 18.9 Å². The number of hydrogen-bond donors (Lipinski definition) is 0. The van der Waals surface area contributed by atoms with Crippen LogP contribution in [0.15, 0.2) is 194 Å². The maximum atomic E-state index is 12.8. The minimum Gasteiger partial charge on any atom is -0.457 e. The Balaban J connectivity index is 0.000000201. The van der Waals surface area contributed by atoms with E-state index in [1.807, 2.05) is 0 Å². The second-order valence-electron chi connectivity index (χ2n) is 14.2. The first-order valence-corrected chi connectivity index (χ1v) is 20.0. The fourth-order valence-corrected chi connectivity index (χ4v) is 6.12. The largest absolute Gasteiger partial charge is 0.457 e. The van der Waals surface area contributed by atoms with Crippen molar-refractivity contribution in [3.05, 3.63) is 257 Å². The van der Waals surface area contributed by atoms with Gasteiger partial charge in [-0.3, -0.25) is 50.0 Å². The number of non-ortho nitro benzene ring substituents is 4. The Morgan fingerprint density at radius 1 is 0.250 bits per heavy atom. The van der Waals surface area contributed by atoms with Crippen molar-refractivity contribution in [3.63, 3.8) is 0 Å². The Kier molecular flexibility index (Phi) is 14.2. The summed E-state index contributed by atoms with van der Waals surface area (Å²) in [6.07, 6.45) is 0. The van der Waals surface area contributed by atoms with Crippen LogP contribution >= 0.6 is 0 Å². The fourth-order valence-electron chi connectivity index (χ4n) is 6.12. The number of carbonyl (C=O) groups is 2. The highest BCUT2D eigenvalue weighted by atomic mass is 16.6. The maximum absolute atomic E-state index is 12.8. The molecule has 8 aromatic rings. The first-order valence-electron chi connectivity index (χ1n) is 20.0. The van der Waals surface area contributed by atoms with Gasteiger partial charge in [0.15, 0.2) is 11.6 Å². The van der Waals surface area contributed by atoms with Crippen molar-refractivity contribution in [1.82, 2.24) is 0 Å². The summed E-state index contributed by atoms with van der Waals surface area (Å²) in [5.74, 6) is 3.31. The zero-order chi connectivity index (χ0) is 48.2. The van der Waals surface area contributed by atoms with Crippen molar-refractivity contribution in [2.75, 3.05) is 0 Å². The van der Waals surface area contributed by atoms with Crippen molar-refractivity contribution in [1.29, 1.82) is 0 Å². The van der Waals surface area contributed by atoms with Gasteiger partial charge in [-0.05, 0) is 146 Å². The molecule has 18 nitrogen and oxygen atoms in total. The maximum Gasteiger partial charge on any atom is 0.269 e. The molecule has 0 atom stereocenters. The molecular formula is C50H32N4O14. The van der Waals surface area contributed by atoms with Crippen LogP contribution in [0.3, 0.4) is 0 Å². The minimum absolute atomic E-state index is 0.0301. The Bertz CT molecular complexity index is 2670. The summed E-state index contributed by atoms with van der Waals surface area (Å²) in [6, 6.07) is 48.9. The second kappa shape index (κ2) is 21.1. The number of ether oxygens (including phenoxy) is 4. The van der Waals surface area contributed by atoms with Crippen molar-refractivity contribution < 1.29 is 48.2 Å². The normalized spacial score (nSPS) is 10.4. The number of rotatable bonds is 16. The van der Waals surface area contributed by atoms with E-state index in [-0.39, 0.29) is 34.3 Å². The van der Waals surface area contributed by atoms with Crippen LogP contribution in [-0.4, -0.2) is 31.3 Å². The highest BCUT2D eigenvalue weighted by Crippen LogP contribution is 2.29. The summed E-state index contributed by atoms with van der Waals surface area (Å²) in [5, 5.41) is 42.9. The average Bonchev–Trinajstić information content (AvgIpc) is 3.35. The molecule has 0 heterocycles. The van der Waals surface area contributed by atoms with E-state index < -0.39 is 19.7 Å². The van der Waals surface area contributed by atoms with Crippen LogP contribution in [0, 0.1) is 40.5 Å². The molecule has 0 fully saturated rings. The van der Waals surface area contributed by atoms with Crippen LogP contribution in [0.4, 0.5) is 22.7 Å². The number of nitrogens with zero attached hydrogens (tertiary/aromatic N) is 4. The number of ketones is 2. The van der Waals surface area contributed by atoms with Gasteiger partial charge in [-0.1, -0.05) is 0 Å². The standard InChI is InChI=1S/2C25H16N2O7/c2*28-25(17-1-9-21(10-2-17)33-23-13-5-19(6-14-23)26(29)30)18-3-11-22(12-4-18)34-24-15-7-20(8-16-24)27(31)32/h2*1-16H. The molecule has 0 N–H and O–H groups in total. The van der Waals surface area contributed by atoms with E-state index in [0.29, 0.717) is 68.2 Å². The predicted octanol–water partition coefficient (Wildman–Crippen LogP) is 12.6. The minimum atomic E-state index is -0.488. The van der Waals surface area contributed by atoms with Gasteiger partial charge in [0.25, 0.3) is 22.7 Å². The number of nitro groups is 4. The highest BCUT2D eigenvalue weighted by Gasteiger charge is 2.14. The van der Waals surface area contributed by atoms with Gasteiger partial charge in [-0.25, -0.2) is 0 Å². The first-order chi connectivity index (χ1) is 32.8. The van der Waals surface area contributed by atoms with Crippen molar-refractivity contribution >= 4 is 34.3 Å². The first kappa shape index (κ1) is 45.9. The van der Waals surface area contributed by atoms with Crippen molar-refractivity contribution in [2.45, 2.75) is 0 Å². The quantitative estimate of drug-likeness (QED) is 0.0497. The van der Waals surface area contributed by atoms with E-state index in [9.17, 15) is 50.0 Å². The van der Waals surface area contributed by atoms with Crippen molar-refractivity contribution in [2.24, 2.45) is 0 Å². The van der Waals surface area contributed by atoms with Crippen LogP contribution in [0.5, 0.6) is 46.0 Å². The molecule has 0 bridgehead atoms. The van der Waals surface area contributed by atoms with E-state index in [2.05, 4.69) is 0 Å². The Labute approximate surface area is 384 Å². The molecule has 0 aromatic heterocycles. The number of carbonyl (C=O) groups excluding carboxylic acids is 2. The van der Waals surface area contributed by atoms with Crippen LogP contribution in [0.2, 0.25) is 0 Å². The zero-order valence-electron chi connectivity index (χ0n) is 35.0. The molecular weight excluding hydrogens is 881 g/mol. The molecule has 18 heteroatoms. The Morgan fingerprint density at radius 2 is 0.382 bits per heavy atom. The molecule has 8 aromatic carbocycles. The smallest absolute Gasteiger partial charge is 0.269 e. The van der Waals surface area contributed by atoms with E-state index in [4.69, 9.17) is 18.9 Å². The lowest BCUT2D eigenvalue weighted by atomic mass is 10.0. The van der Waals surface area contributed by atoms with Gasteiger partial charge in [0.05, 0.1) is 19.7 Å². The summed E-state index contributed by atoms with van der Waals surface area (Å²) in [5.41, 5.74) is 1.71. The zero-order valence-corrected chi connectivity index (χ0v) is 35.0. The summed E-state index contributed by atoms with van der Waals surface area (Å²) in [4.78, 5) is 66.5. The second-order valence-corrected chi connectivity index (χ2v) is 14.2. The lowest BCUT2D eigenvalue weighted by molar-refractivity contribution is -0.385. The Morgan fingerprint density at radius 3 is 0.515 bits per heavy atom. The molecule has 8 rings (SSSR count). The molecule has 68 heavy (non-hydrogen) atoms. The molecule has 0 radical (unpaired) electrons. The number of hydrogen-bond acceptors (Lipinski definition) is 14. The summed E-state index contributed by atoms with van der Waals surface area (Å²) in [7, 11) is 0. The van der Waals surface area contributed by atoms with Crippen molar-refractivity contribution in [3.8, 4) is 46.0 Å². The van der Waals surface area contributed by atoms with Gasteiger partial charge < -0.3 is 18.9 Å². The molecule has 0 unspecified atom stereocenters. The van der Waals surface area contributed by atoms with Gasteiger partial charge in [-0.15, -0.1) is 0 Å². The van der Waals surface area contributed by atoms with Crippen LogP contribution in [0.1, 0.15) is 31.8 Å². The van der Waals surface area contributed by atoms with E-state index >= 15 is 0 Å². The number of nitro benzene ring substituents is 4. The molecule has 0 aliphatic rings. The lowest BCUT2D eigenvalue weighted by Crippen LogP contribution is -2.01. The lowest BCUT2D eigenvalue weighted by Gasteiger charge is -2.08. The third kappa shape index (κ3) is 12.1. The fraction of sp³-hybridized carbons (Fsp3) is 0. The van der Waals surface area contributed by atoms with E-state index in [0.717, 1.165) is 0 Å². The van der Waals surface area contributed by atoms with Gasteiger partial charge in [0, 0.05) is 70.8 Å². The molecule has 0 amide bonds. The molecule has 336 valence electrons. The monoisotopic (exact) mass is 912 g/mol. The Hall–Kier alpha value is -10.1. The molecule has 0 aliphatic heterocycles. The van der Waals surface area contributed by atoms with Crippen LogP contribution in [-0.2, 0) is 0 Å². The van der Waals surface area contributed by atoms with E-state index in [1.54, 1.807) is 97.1 Å². The molecule has 0 spiro atoms. The summed E-state index contributed by atoms with van der Waals surface area (Å²) < 4.78 is 22.6. The average molecular weight is 913 g/mol. The molecule has 0 saturated heterocycles. The molecule has 0 aliphatic carbocycles. The third-order valence-electron chi connectivity index (χ3n) is 9.60. The van der Waals surface area contributed by atoms with Gasteiger partial charge in [-0.2, -0.15) is 0 Å². The number of benzene rings is 8. The summed E-state index contributed by atoms with van der Waals surface area (Å²) >= 11 is 0. The SMILES string of the molecule is O=C(c1ccc(Oc2ccc([N+](=O)[O-])cc2)cc1)c1ccc(Oc2ccc([N+](=O)[O-])cc2)cc1.O=C(c1ccc(Oc2ccc([N+](=O)[O-])cc2)cc1)c1ccc(Oc2ccc([N+](=O)[O-])cc2)cc1.